The van der Waals surface area contributed by atoms with Crippen LogP contribution in [0, 0.1) is 0 Å². The van der Waals surface area contributed by atoms with Crippen molar-refractivity contribution in [3.05, 3.63) is 52.1 Å². The number of rotatable bonds is 4. The van der Waals surface area contributed by atoms with E-state index in [0.29, 0.717) is 27.3 Å². The van der Waals surface area contributed by atoms with Crippen molar-refractivity contribution in [3.8, 4) is 0 Å². The van der Waals surface area contributed by atoms with E-state index in [-0.39, 0.29) is 5.91 Å². The monoisotopic (exact) mass is 349 g/mol. The molecule has 1 saturated carbocycles. The van der Waals surface area contributed by atoms with Crippen molar-refractivity contribution in [3.63, 3.8) is 0 Å². The van der Waals surface area contributed by atoms with Gasteiger partial charge < -0.3 is 10.6 Å². The van der Waals surface area contributed by atoms with Gasteiger partial charge in [0, 0.05) is 22.8 Å². The minimum Gasteiger partial charge on any atom is -0.367 e. The molecule has 1 aromatic carbocycles. The predicted molar refractivity (Wildman–Crippen MR) is 94.5 cm³/mol. The van der Waals surface area contributed by atoms with Gasteiger partial charge in [-0.25, -0.2) is 4.98 Å². The lowest BCUT2D eigenvalue weighted by atomic mass is 10.2. The van der Waals surface area contributed by atoms with Crippen molar-refractivity contribution in [1.29, 1.82) is 0 Å². The van der Waals surface area contributed by atoms with Gasteiger partial charge in [-0.1, -0.05) is 36.0 Å². The van der Waals surface area contributed by atoms with Gasteiger partial charge in [-0.05, 0) is 43.2 Å². The lowest BCUT2D eigenvalue weighted by Crippen LogP contribution is -2.17. The fraction of sp³-hybridized carbons (Fsp3) is 0.294. The van der Waals surface area contributed by atoms with Crippen LogP contribution in [0.25, 0.3) is 0 Å². The van der Waals surface area contributed by atoms with Gasteiger partial charge in [-0.15, -0.1) is 0 Å². The van der Waals surface area contributed by atoms with Gasteiger partial charge in [0.1, 0.15) is 5.82 Å². The molecular weight excluding hydrogens is 333 g/mol. The van der Waals surface area contributed by atoms with Gasteiger partial charge >= 0.3 is 0 Å². The Morgan fingerprint density at radius 3 is 2.70 bits per heavy atom. The lowest BCUT2D eigenvalue weighted by molar-refractivity contribution is 0.102. The summed E-state index contributed by atoms with van der Waals surface area (Å²) in [6.45, 7) is 0. The molecule has 0 unspecified atom stereocenters. The number of pyridine rings is 1. The molecule has 0 atom stereocenters. The topological polar surface area (TPSA) is 54.0 Å². The second-order valence-corrected chi connectivity index (χ2v) is 6.48. The Morgan fingerprint density at radius 1 is 1.13 bits per heavy atom. The number of carbonyl (C=O) groups is 1. The summed E-state index contributed by atoms with van der Waals surface area (Å²) >= 11 is 12.0. The number of halogens is 2. The first kappa shape index (κ1) is 16.1. The van der Waals surface area contributed by atoms with Crippen LogP contribution in [0.3, 0.4) is 0 Å². The number of carbonyl (C=O) groups excluding carboxylic acids is 1. The second-order valence-electron chi connectivity index (χ2n) is 5.63. The Kier molecular flexibility index (Phi) is 5.03. The molecule has 2 N–H and O–H groups in total. The van der Waals surface area contributed by atoms with E-state index in [4.69, 9.17) is 23.2 Å². The quantitative estimate of drug-likeness (QED) is 0.816. The molecule has 0 bridgehead atoms. The number of hydrogen-bond donors (Lipinski definition) is 2. The average molecular weight is 350 g/mol. The third kappa shape index (κ3) is 4.15. The Bertz CT molecular complexity index is 715. The SMILES string of the molecule is O=C(Nc1cc(Cl)ccc1Cl)c1ccnc(NC2CCCC2)c1. The van der Waals surface area contributed by atoms with Crippen LogP contribution in [0.2, 0.25) is 10.0 Å². The first-order chi connectivity index (χ1) is 11.1. The first-order valence-corrected chi connectivity index (χ1v) is 8.36. The van der Waals surface area contributed by atoms with E-state index in [1.54, 1.807) is 36.5 Å². The highest BCUT2D eigenvalue weighted by molar-refractivity contribution is 6.35. The normalized spacial score (nSPS) is 14.7. The first-order valence-electron chi connectivity index (χ1n) is 7.61. The van der Waals surface area contributed by atoms with Gasteiger partial charge in [-0.2, -0.15) is 0 Å². The molecule has 1 aliphatic rings. The molecule has 120 valence electrons. The maximum absolute atomic E-state index is 12.4. The minimum absolute atomic E-state index is 0.244. The zero-order chi connectivity index (χ0) is 16.2. The van der Waals surface area contributed by atoms with Gasteiger partial charge in [0.2, 0.25) is 0 Å². The van der Waals surface area contributed by atoms with E-state index in [1.807, 2.05) is 0 Å². The molecule has 1 amide bonds. The van der Waals surface area contributed by atoms with Crippen molar-refractivity contribution in [2.24, 2.45) is 0 Å². The van der Waals surface area contributed by atoms with Crippen LogP contribution >= 0.6 is 23.2 Å². The summed E-state index contributed by atoms with van der Waals surface area (Å²) < 4.78 is 0. The van der Waals surface area contributed by atoms with Crippen LogP contribution in [0.5, 0.6) is 0 Å². The maximum atomic E-state index is 12.4. The third-order valence-corrected chi connectivity index (χ3v) is 4.47. The van der Waals surface area contributed by atoms with E-state index in [1.165, 1.54) is 12.8 Å². The van der Waals surface area contributed by atoms with Crippen LogP contribution in [-0.4, -0.2) is 16.9 Å². The van der Waals surface area contributed by atoms with Crippen molar-refractivity contribution < 1.29 is 4.79 Å². The number of aromatic nitrogens is 1. The second kappa shape index (κ2) is 7.20. The molecule has 2 aromatic rings. The van der Waals surface area contributed by atoms with E-state index < -0.39 is 0 Å². The molecule has 0 aliphatic heterocycles. The molecule has 0 saturated heterocycles. The largest absolute Gasteiger partial charge is 0.367 e. The number of anilines is 2. The summed E-state index contributed by atoms with van der Waals surface area (Å²) in [6.07, 6.45) is 6.41. The Morgan fingerprint density at radius 2 is 1.91 bits per heavy atom. The molecule has 1 heterocycles. The summed E-state index contributed by atoms with van der Waals surface area (Å²) in [5.74, 6) is 0.479. The number of benzene rings is 1. The molecule has 0 spiro atoms. The Balaban J connectivity index is 1.72. The Hall–Kier alpha value is -1.78. The summed E-state index contributed by atoms with van der Waals surface area (Å²) in [5.41, 5.74) is 1.02. The van der Waals surface area contributed by atoms with Gasteiger partial charge in [0.15, 0.2) is 0 Å². The highest BCUT2D eigenvalue weighted by Crippen LogP contribution is 2.26. The number of hydrogen-bond acceptors (Lipinski definition) is 3. The van der Waals surface area contributed by atoms with Crippen molar-refractivity contribution in [1.82, 2.24) is 4.98 Å². The zero-order valence-corrected chi connectivity index (χ0v) is 14.0. The summed E-state index contributed by atoms with van der Waals surface area (Å²) in [6, 6.07) is 8.83. The van der Waals surface area contributed by atoms with Gasteiger partial charge in [0.05, 0.1) is 10.7 Å². The Labute approximate surface area is 145 Å². The number of nitrogens with zero attached hydrogens (tertiary/aromatic N) is 1. The highest BCUT2D eigenvalue weighted by Gasteiger charge is 2.16. The van der Waals surface area contributed by atoms with Crippen LogP contribution in [0.15, 0.2) is 36.5 Å². The summed E-state index contributed by atoms with van der Waals surface area (Å²) in [7, 11) is 0. The molecule has 1 aromatic heterocycles. The van der Waals surface area contributed by atoms with Crippen molar-refractivity contribution >= 4 is 40.6 Å². The molecule has 0 radical (unpaired) electrons. The number of nitrogens with one attached hydrogen (secondary N) is 2. The molecule has 4 nitrogen and oxygen atoms in total. The zero-order valence-electron chi connectivity index (χ0n) is 12.5. The van der Waals surface area contributed by atoms with E-state index in [9.17, 15) is 4.79 Å². The highest BCUT2D eigenvalue weighted by atomic mass is 35.5. The number of amides is 1. The minimum atomic E-state index is -0.244. The molecule has 1 fully saturated rings. The van der Waals surface area contributed by atoms with Crippen LogP contribution < -0.4 is 10.6 Å². The van der Waals surface area contributed by atoms with Crippen LogP contribution in [-0.2, 0) is 0 Å². The fourth-order valence-electron chi connectivity index (χ4n) is 2.72. The predicted octanol–water partition coefficient (Wildman–Crippen LogP) is 5.00. The standard InChI is InChI=1S/C17H17Cl2N3O/c18-12-5-6-14(19)15(10-12)22-17(23)11-7-8-20-16(9-11)21-13-3-1-2-4-13/h5-10,13H,1-4H2,(H,20,21)(H,22,23). The van der Waals surface area contributed by atoms with Crippen LogP contribution in [0.4, 0.5) is 11.5 Å². The van der Waals surface area contributed by atoms with Crippen LogP contribution in [0.1, 0.15) is 36.0 Å². The lowest BCUT2D eigenvalue weighted by Gasteiger charge is -2.13. The van der Waals surface area contributed by atoms with Gasteiger partial charge in [-0.3, -0.25) is 4.79 Å². The third-order valence-electron chi connectivity index (χ3n) is 3.91. The maximum Gasteiger partial charge on any atom is 0.255 e. The smallest absolute Gasteiger partial charge is 0.255 e. The average Bonchev–Trinajstić information content (AvgIpc) is 3.04. The van der Waals surface area contributed by atoms with E-state index in [0.717, 1.165) is 18.7 Å². The summed E-state index contributed by atoms with van der Waals surface area (Å²) in [4.78, 5) is 16.7. The molecule has 3 rings (SSSR count). The summed E-state index contributed by atoms with van der Waals surface area (Å²) in [5, 5.41) is 7.12. The molecule has 1 aliphatic carbocycles. The van der Waals surface area contributed by atoms with E-state index in [2.05, 4.69) is 15.6 Å². The van der Waals surface area contributed by atoms with E-state index >= 15 is 0 Å². The van der Waals surface area contributed by atoms with Gasteiger partial charge in [0.25, 0.3) is 5.91 Å². The fourth-order valence-corrected chi connectivity index (χ4v) is 3.05. The molecule has 6 heteroatoms. The molecule has 23 heavy (non-hydrogen) atoms. The van der Waals surface area contributed by atoms with Crippen molar-refractivity contribution in [2.45, 2.75) is 31.7 Å². The van der Waals surface area contributed by atoms with Crippen molar-refractivity contribution in [2.75, 3.05) is 10.6 Å². The molecular formula is C17H17Cl2N3O.